The number of nitrogens with zero attached hydrogens (tertiary/aromatic N) is 5. The first-order valence-electron chi connectivity index (χ1n) is 37.3. The van der Waals surface area contributed by atoms with Crippen molar-refractivity contribution in [2.45, 2.75) is 0 Å². The van der Waals surface area contributed by atoms with Crippen molar-refractivity contribution in [3.05, 3.63) is 389 Å². The van der Waals surface area contributed by atoms with E-state index in [0.717, 1.165) is 72.7 Å². The van der Waals surface area contributed by atoms with Gasteiger partial charge in [0.15, 0.2) is 14.3 Å². The Morgan fingerprint density at radius 1 is 0.312 bits per heavy atom. The number of pyridine rings is 2. The summed E-state index contributed by atoms with van der Waals surface area (Å²) in [6, 6.07) is 126. The van der Waals surface area contributed by atoms with Gasteiger partial charge in [-0.15, -0.1) is 0 Å². The summed E-state index contributed by atoms with van der Waals surface area (Å²) in [5.41, 5.74) is 21.1. The molecule has 0 fully saturated rings. The van der Waals surface area contributed by atoms with Gasteiger partial charge in [-0.05, 0) is 202 Å². The molecule has 0 amide bonds. The number of ether oxygens (including phenoxy) is 4. The molecular weight excluding hydrogens is 1420 g/mol. The Bertz CT molecular complexity index is 6510. The highest BCUT2D eigenvalue weighted by Crippen LogP contribution is 2.62. The molecule has 6 aliphatic rings. The van der Waals surface area contributed by atoms with Crippen LogP contribution in [0.2, 0.25) is 0 Å². The summed E-state index contributed by atoms with van der Waals surface area (Å²) in [6.45, 7) is 0.0910. The van der Waals surface area contributed by atoms with Crippen LogP contribution in [0, 0.1) is 0 Å². The van der Waals surface area contributed by atoms with Crippen LogP contribution < -0.4 is 81.9 Å². The molecule has 15 aromatic carbocycles. The highest BCUT2D eigenvalue weighted by Gasteiger charge is 2.50. The molecule has 2 atom stereocenters. The summed E-state index contributed by atoms with van der Waals surface area (Å²) in [7, 11) is -6.37. The SMILES string of the molecule is O=P12c3ccccc3Oc3ccc(-c4ccc(-c5cccnc5)cc4)c(c31)Oc1ccccc12.O=P12c3ccccc3Oc3ccc(-c4ccnc5ccccc45)c(c31)Oc1ccccc12.c1ccc(N(c2ccccc2)c2cc3c4c(c2)N(c2ccccc2)c2ccccc2B4c2ccccc2N3c2ccccc2)cc1. The van der Waals surface area contributed by atoms with Crippen molar-refractivity contribution in [1.82, 2.24) is 9.97 Å². The van der Waals surface area contributed by atoms with Gasteiger partial charge in [-0.2, -0.15) is 0 Å². The monoisotopic (exact) mass is 1480 g/mol. The summed E-state index contributed by atoms with van der Waals surface area (Å²) in [6.07, 6.45) is 5.41. The topological polar surface area (TPSA) is 107 Å². The summed E-state index contributed by atoms with van der Waals surface area (Å²) in [5, 5.41) is 5.13. The van der Waals surface area contributed by atoms with Gasteiger partial charge in [0.2, 0.25) is 0 Å². The van der Waals surface area contributed by atoms with E-state index < -0.39 is 14.3 Å². The lowest BCUT2D eigenvalue weighted by Gasteiger charge is -2.45. The third-order valence-electron chi connectivity index (χ3n) is 21.8. The van der Waals surface area contributed by atoms with Gasteiger partial charge in [0.1, 0.15) is 56.6 Å². The molecule has 17 aromatic rings. The molecule has 23 rings (SSSR count). The van der Waals surface area contributed by atoms with Gasteiger partial charge < -0.3 is 42.8 Å². The second kappa shape index (κ2) is 27.0. The number of fused-ring (bicyclic) bond motifs is 13. The number of rotatable bonds is 8. The highest BCUT2D eigenvalue weighted by molar-refractivity contribution is 7.86. The van der Waals surface area contributed by atoms with Gasteiger partial charge in [-0.1, -0.05) is 206 Å². The lowest BCUT2D eigenvalue weighted by molar-refractivity contribution is 0.462. The van der Waals surface area contributed by atoms with E-state index in [4.69, 9.17) is 18.9 Å². The van der Waals surface area contributed by atoms with E-state index in [1.54, 1.807) is 12.4 Å². The zero-order chi connectivity index (χ0) is 74.4. The van der Waals surface area contributed by atoms with E-state index in [-0.39, 0.29) is 6.71 Å². The smallest absolute Gasteiger partial charge is 0.252 e. The first-order valence-corrected chi connectivity index (χ1v) is 40.7. The molecule has 0 saturated carbocycles. The number of anilines is 9. The third kappa shape index (κ3) is 10.7. The summed E-state index contributed by atoms with van der Waals surface area (Å²) in [4.78, 5) is 16.0. The number of hydrogen-bond donors (Lipinski definition) is 0. The standard InChI is InChI=1S/C42H30BN3.C29H18NO3P.C27H16NO3P/c1-5-17-31(18-6-1)44(32-19-7-2-8-20-32)35-29-40-42-41(30-35)46(34-23-11-4-12-24-34)39-28-16-14-26-37(39)43(42)36-25-13-15-27-38(36)45(40)33-21-9-3-10-22-33;31-34-26-9-3-1-7-23(26)32-25-16-15-22(28(29(25)34)33-24-8-2-4-10-27(24)34)20-13-11-19(12-14-20)21-6-5-17-30-18-21;29-32-24-11-5-3-9-21(24)30-23-14-13-19(17-15-16-28-20-8-2-1-7-18(17)20)26(27(23)32)31-22-10-4-6-12-25(22)32/h1-30H;1-18H;1-16H. The second-order valence-corrected chi connectivity index (χ2v) is 33.3. The molecule has 14 heteroatoms. The van der Waals surface area contributed by atoms with Crippen molar-refractivity contribution in [3.63, 3.8) is 0 Å². The number of aromatic nitrogens is 2. The molecule has 112 heavy (non-hydrogen) atoms. The first kappa shape index (κ1) is 66.2. The Kier molecular flexibility index (Phi) is 15.9. The average Bonchev–Trinajstić information content (AvgIpc) is 0.708. The molecule has 6 aliphatic heterocycles. The Hall–Kier alpha value is -14.0. The Labute approximate surface area is 648 Å². The van der Waals surface area contributed by atoms with Crippen molar-refractivity contribution in [3.8, 4) is 79.4 Å². The van der Waals surface area contributed by atoms with Crippen LogP contribution in [0.1, 0.15) is 0 Å². The van der Waals surface area contributed by atoms with Crippen molar-refractivity contribution >= 4 is 131 Å². The molecule has 0 N–H and O–H groups in total. The number of hydrogen-bond acceptors (Lipinski definition) is 11. The molecule has 2 aromatic heterocycles. The van der Waals surface area contributed by atoms with Gasteiger partial charge in [0.25, 0.3) is 6.71 Å². The third-order valence-corrected chi connectivity index (χ3v) is 28.1. The zero-order valence-electron chi connectivity index (χ0n) is 60.1. The van der Waals surface area contributed by atoms with Crippen LogP contribution in [0.5, 0.6) is 46.0 Å². The summed E-state index contributed by atoms with van der Waals surface area (Å²) < 4.78 is 55.4. The normalized spacial score (nSPS) is 15.3. The van der Waals surface area contributed by atoms with Gasteiger partial charge in [-0.3, -0.25) is 9.97 Å². The molecular formula is C98H64BN5O6P2. The van der Waals surface area contributed by atoms with Crippen LogP contribution in [0.15, 0.2) is 389 Å². The molecule has 0 spiro atoms. The van der Waals surface area contributed by atoms with Gasteiger partial charge in [0.05, 0.1) is 32.4 Å². The maximum atomic E-state index is 15.0. The fraction of sp³-hybridized carbons (Fsp3) is 0. The van der Waals surface area contributed by atoms with Crippen molar-refractivity contribution in [1.29, 1.82) is 0 Å². The highest BCUT2D eigenvalue weighted by atomic mass is 31.2. The van der Waals surface area contributed by atoms with E-state index in [1.165, 1.54) is 39.1 Å². The lowest BCUT2D eigenvalue weighted by atomic mass is 9.33. The lowest BCUT2D eigenvalue weighted by Crippen LogP contribution is -2.61. The van der Waals surface area contributed by atoms with Crippen molar-refractivity contribution in [2.24, 2.45) is 0 Å². The fourth-order valence-electron chi connectivity index (χ4n) is 17.0. The van der Waals surface area contributed by atoms with Gasteiger partial charge >= 0.3 is 0 Å². The summed E-state index contributed by atoms with van der Waals surface area (Å²) >= 11 is 0. The van der Waals surface area contributed by atoms with Crippen LogP contribution in [0.3, 0.4) is 0 Å². The average molecular weight is 1480 g/mol. The Morgan fingerprint density at radius 3 is 1.25 bits per heavy atom. The molecule has 0 saturated heterocycles. The largest absolute Gasteiger partial charge is 0.456 e. The fourth-order valence-corrected chi connectivity index (χ4v) is 23.1. The molecule has 0 aliphatic carbocycles. The minimum absolute atomic E-state index is 0.0910. The maximum Gasteiger partial charge on any atom is 0.252 e. The van der Waals surface area contributed by atoms with E-state index >= 15 is 4.57 Å². The van der Waals surface area contributed by atoms with Crippen LogP contribution >= 0.6 is 14.3 Å². The van der Waals surface area contributed by atoms with Crippen molar-refractivity contribution < 1.29 is 28.1 Å². The van der Waals surface area contributed by atoms with E-state index in [0.29, 0.717) is 77.8 Å². The van der Waals surface area contributed by atoms with Crippen LogP contribution in [-0.2, 0) is 9.13 Å². The van der Waals surface area contributed by atoms with Crippen molar-refractivity contribution in [2.75, 3.05) is 14.7 Å². The predicted octanol–water partition coefficient (Wildman–Crippen LogP) is 21.3. The second-order valence-electron chi connectivity index (χ2n) is 28.1. The van der Waals surface area contributed by atoms with E-state index in [1.807, 2.05) is 170 Å². The minimum atomic E-state index is -3.19. The van der Waals surface area contributed by atoms with Crippen LogP contribution in [-0.4, -0.2) is 16.7 Å². The molecule has 8 heterocycles. The molecule has 530 valence electrons. The van der Waals surface area contributed by atoms with E-state index in [2.05, 4.69) is 231 Å². The Balaban J connectivity index is 0.000000108. The molecule has 2 unspecified atom stereocenters. The molecule has 0 bridgehead atoms. The quantitative estimate of drug-likeness (QED) is 0.107. The minimum Gasteiger partial charge on any atom is -0.456 e. The molecule has 0 radical (unpaired) electrons. The Morgan fingerprint density at radius 2 is 0.741 bits per heavy atom. The van der Waals surface area contributed by atoms with Crippen LogP contribution in [0.4, 0.5) is 51.2 Å². The molecule has 11 nitrogen and oxygen atoms in total. The van der Waals surface area contributed by atoms with Gasteiger partial charge in [-0.25, -0.2) is 0 Å². The summed E-state index contributed by atoms with van der Waals surface area (Å²) in [5.74, 6) is 4.87. The first-order chi connectivity index (χ1) is 55.3. The van der Waals surface area contributed by atoms with Gasteiger partial charge in [0, 0.05) is 80.6 Å². The maximum absolute atomic E-state index is 15.0. The van der Waals surface area contributed by atoms with Crippen LogP contribution in [0.25, 0.3) is 44.3 Å². The predicted molar refractivity (Wildman–Crippen MR) is 457 cm³/mol. The number of para-hydroxylation sites is 11. The van der Waals surface area contributed by atoms with E-state index in [9.17, 15) is 4.57 Å². The number of benzene rings is 15. The zero-order valence-corrected chi connectivity index (χ0v) is 61.9.